The highest BCUT2D eigenvalue weighted by Crippen LogP contribution is 2.25. The van der Waals surface area contributed by atoms with Gasteiger partial charge in [-0.05, 0) is 37.6 Å². The first-order chi connectivity index (χ1) is 13.3. The molecule has 0 fully saturated rings. The van der Waals surface area contributed by atoms with Gasteiger partial charge in [-0.2, -0.15) is 4.99 Å². The van der Waals surface area contributed by atoms with Crippen molar-refractivity contribution in [2.45, 2.75) is 38.1 Å². The van der Waals surface area contributed by atoms with E-state index in [1.54, 1.807) is 24.3 Å². The largest absolute Gasteiger partial charge is 0.315 e. The lowest BCUT2D eigenvalue weighted by molar-refractivity contribution is -0.117. The molecule has 0 bridgehead atoms. The van der Waals surface area contributed by atoms with Crippen LogP contribution in [0.2, 0.25) is 5.02 Å². The average Bonchev–Trinajstić information content (AvgIpc) is 2.99. The standard InChI is InChI=1S/C20H21ClN2O3S2/c1-3-12-23-19-16(21)5-4-6-17(19)27-20(23)22-18(24)11-13-28(25,26)15-9-7-14(2)8-10-15/h4-10H,3,11-13H2,1-2H3. The number of benzene rings is 2. The molecule has 1 heterocycles. The van der Waals surface area contributed by atoms with Crippen LogP contribution in [0.4, 0.5) is 0 Å². The van der Waals surface area contributed by atoms with Crippen molar-refractivity contribution in [1.82, 2.24) is 4.57 Å². The summed E-state index contributed by atoms with van der Waals surface area (Å²) in [7, 11) is -3.52. The Morgan fingerprint density at radius 3 is 2.57 bits per heavy atom. The zero-order valence-electron chi connectivity index (χ0n) is 15.7. The molecule has 0 saturated carbocycles. The van der Waals surface area contributed by atoms with E-state index in [2.05, 4.69) is 4.99 Å². The van der Waals surface area contributed by atoms with Crippen molar-refractivity contribution in [3.63, 3.8) is 0 Å². The summed E-state index contributed by atoms with van der Waals surface area (Å²) in [6, 6.07) is 12.2. The van der Waals surface area contributed by atoms with E-state index < -0.39 is 15.7 Å². The first-order valence-corrected chi connectivity index (χ1v) is 11.8. The normalized spacial score (nSPS) is 12.6. The van der Waals surface area contributed by atoms with Crippen LogP contribution in [-0.4, -0.2) is 24.6 Å². The van der Waals surface area contributed by atoms with Gasteiger partial charge in [0.15, 0.2) is 14.6 Å². The molecule has 28 heavy (non-hydrogen) atoms. The highest BCUT2D eigenvalue weighted by Gasteiger charge is 2.17. The number of thiazole rings is 1. The number of carbonyl (C=O) groups is 1. The molecular formula is C20H21ClN2O3S2. The number of sulfone groups is 1. The third-order valence-corrected chi connectivity index (χ3v) is 7.36. The number of aryl methyl sites for hydroxylation is 2. The Labute approximate surface area is 173 Å². The fraction of sp³-hybridized carbons (Fsp3) is 0.300. The number of nitrogens with zero attached hydrogens (tertiary/aromatic N) is 2. The number of amides is 1. The van der Waals surface area contributed by atoms with Crippen LogP contribution in [0.5, 0.6) is 0 Å². The lowest BCUT2D eigenvalue weighted by Gasteiger charge is -2.04. The molecular weight excluding hydrogens is 416 g/mol. The van der Waals surface area contributed by atoms with Gasteiger partial charge >= 0.3 is 0 Å². The van der Waals surface area contributed by atoms with E-state index in [0.717, 1.165) is 22.2 Å². The maximum atomic E-state index is 12.4. The maximum absolute atomic E-state index is 12.4. The zero-order chi connectivity index (χ0) is 20.3. The number of para-hydroxylation sites is 1. The monoisotopic (exact) mass is 436 g/mol. The Balaban J connectivity index is 1.86. The third kappa shape index (κ3) is 4.54. The maximum Gasteiger partial charge on any atom is 0.249 e. The lowest BCUT2D eigenvalue weighted by Crippen LogP contribution is -2.18. The van der Waals surface area contributed by atoms with E-state index in [4.69, 9.17) is 11.6 Å². The summed E-state index contributed by atoms with van der Waals surface area (Å²) in [6.07, 6.45) is 0.699. The molecule has 0 N–H and O–H groups in total. The van der Waals surface area contributed by atoms with Crippen LogP contribution in [-0.2, 0) is 21.2 Å². The van der Waals surface area contributed by atoms with Crippen LogP contribution in [0, 0.1) is 6.92 Å². The molecule has 5 nitrogen and oxygen atoms in total. The molecule has 0 saturated heterocycles. The van der Waals surface area contributed by atoms with E-state index in [-0.39, 0.29) is 17.1 Å². The number of rotatable bonds is 6. The number of fused-ring (bicyclic) bond motifs is 1. The van der Waals surface area contributed by atoms with Crippen LogP contribution in [0.25, 0.3) is 10.2 Å². The second kappa shape index (κ2) is 8.59. The molecule has 3 aromatic rings. The minimum atomic E-state index is -3.52. The van der Waals surface area contributed by atoms with Crippen LogP contribution >= 0.6 is 22.9 Å². The summed E-state index contributed by atoms with van der Waals surface area (Å²) in [6.45, 7) is 4.60. The molecule has 2 aromatic carbocycles. The molecule has 0 aliphatic carbocycles. The van der Waals surface area contributed by atoms with E-state index in [1.807, 2.05) is 36.6 Å². The van der Waals surface area contributed by atoms with Gasteiger partial charge < -0.3 is 4.57 Å². The van der Waals surface area contributed by atoms with E-state index in [9.17, 15) is 13.2 Å². The summed E-state index contributed by atoms with van der Waals surface area (Å²) in [5.74, 6) is -0.721. The Hall–Kier alpha value is -1.96. The Morgan fingerprint density at radius 1 is 1.18 bits per heavy atom. The fourth-order valence-corrected chi connectivity index (χ4v) is 5.51. The highest BCUT2D eigenvalue weighted by atomic mass is 35.5. The highest BCUT2D eigenvalue weighted by molar-refractivity contribution is 7.91. The Morgan fingerprint density at radius 2 is 1.89 bits per heavy atom. The molecule has 1 aromatic heterocycles. The smallest absolute Gasteiger partial charge is 0.249 e. The van der Waals surface area contributed by atoms with Gasteiger partial charge in [-0.15, -0.1) is 0 Å². The Bertz CT molecular complexity index is 1180. The number of aromatic nitrogens is 1. The zero-order valence-corrected chi connectivity index (χ0v) is 18.1. The molecule has 0 radical (unpaired) electrons. The predicted octanol–water partition coefficient (Wildman–Crippen LogP) is 4.37. The summed E-state index contributed by atoms with van der Waals surface area (Å²) < 4.78 is 27.8. The van der Waals surface area contributed by atoms with Crippen molar-refractivity contribution in [3.8, 4) is 0 Å². The molecule has 0 spiro atoms. The van der Waals surface area contributed by atoms with E-state index >= 15 is 0 Å². The summed E-state index contributed by atoms with van der Waals surface area (Å²) >= 11 is 7.71. The van der Waals surface area contributed by atoms with Gasteiger partial charge in [-0.1, -0.05) is 53.6 Å². The van der Waals surface area contributed by atoms with Crippen LogP contribution in [0.3, 0.4) is 0 Å². The van der Waals surface area contributed by atoms with Gasteiger partial charge in [0.2, 0.25) is 5.91 Å². The molecule has 0 aliphatic heterocycles. The van der Waals surface area contributed by atoms with Gasteiger partial charge in [0.25, 0.3) is 0 Å². The first kappa shape index (κ1) is 20.8. The summed E-state index contributed by atoms with van der Waals surface area (Å²) in [4.78, 5) is 17.3. The summed E-state index contributed by atoms with van der Waals surface area (Å²) in [5.41, 5.74) is 1.84. The number of carbonyl (C=O) groups excluding carboxylic acids is 1. The van der Waals surface area contributed by atoms with Gasteiger partial charge in [-0.3, -0.25) is 4.79 Å². The molecule has 148 valence electrons. The van der Waals surface area contributed by atoms with Crippen LogP contribution < -0.4 is 4.80 Å². The Kier molecular flexibility index (Phi) is 6.37. The quantitative estimate of drug-likeness (QED) is 0.576. The van der Waals surface area contributed by atoms with Gasteiger partial charge in [0.1, 0.15) is 0 Å². The van der Waals surface area contributed by atoms with Crippen molar-refractivity contribution in [2.24, 2.45) is 4.99 Å². The minimum absolute atomic E-state index is 0.162. The molecule has 1 amide bonds. The van der Waals surface area contributed by atoms with E-state index in [1.165, 1.54) is 11.3 Å². The molecule has 8 heteroatoms. The first-order valence-electron chi connectivity index (χ1n) is 8.96. The van der Waals surface area contributed by atoms with Crippen LogP contribution in [0.1, 0.15) is 25.3 Å². The summed E-state index contributed by atoms with van der Waals surface area (Å²) in [5, 5.41) is 0.609. The van der Waals surface area contributed by atoms with Crippen molar-refractivity contribution in [2.75, 3.05) is 5.75 Å². The fourth-order valence-electron chi connectivity index (χ4n) is 2.85. The number of hydrogen-bond acceptors (Lipinski definition) is 4. The van der Waals surface area contributed by atoms with Gasteiger partial charge in [0, 0.05) is 13.0 Å². The van der Waals surface area contributed by atoms with Crippen molar-refractivity contribution in [3.05, 3.63) is 57.9 Å². The SMILES string of the molecule is CCCn1c(=NC(=O)CCS(=O)(=O)c2ccc(C)cc2)sc2cccc(Cl)c21. The number of halogens is 1. The molecule has 0 aliphatic rings. The van der Waals surface area contributed by atoms with Crippen LogP contribution in [0.15, 0.2) is 52.4 Å². The average molecular weight is 437 g/mol. The topological polar surface area (TPSA) is 68.5 Å². The lowest BCUT2D eigenvalue weighted by atomic mass is 10.2. The van der Waals surface area contributed by atoms with Crippen molar-refractivity contribution in [1.29, 1.82) is 0 Å². The van der Waals surface area contributed by atoms with Crippen molar-refractivity contribution < 1.29 is 13.2 Å². The predicted molar refractivity (Wildman–Crippen MR) is 114 cm³/mol. The van der Waals surface area contributed by atoms with Gasteiger partial charge in [-0.25, -0.2) is 8.42 Å². The second-order valence-corrected chi connectivity index (χ2v) is 10.0. The minimum Gasteiger partial charge on any atom is -0.315 e. The molecule has 3 rings (SSSR count). The van der Waals surface area contributed by atoms with E-state index in [0.29, 0.717) is 16.4 Å². The molecule has 0 unspecified atom stereocenters. The van der Waals surface area contributed by atoms with Crippen molar-refractivity contribution >= 4 is 48.9 Å². The van der Waals surface area contributed by atoms with Gasteiger partial charge in [0.05, 0.1) is 25.9 Å². The second-order valence-electron chi connectivity index (χ2n) is 6.51. The third-order valence-electron chi connectivity index (χ3n) is 4.28. The molecule has 0 atom stereocenters. The number of hydrogen-bond donors (Lipinski definition) is 0.